The van der Waals surface area contributed by atoms with Crippen LogP contribution in [-0.2, 0) is 0 Å². The summed E-state index contributed by atoms with van der Waals surface area (Å²) in [4.78, 5) is 11.8. The molecule has 3 nitrogen and oxygen atoms in total. The number of hydrogen-bond donors (Lipinski definition) is 2. The molecule has 2 amide bonds. The molecule has 0 radical (unpaired) electrons. The van der Waals surface area contributed by atoms with Gasteiger partial charge in [0.1, 0.15) is 0 Å². The number of anilines is 2. The maximum absolute atomic E-state index is 11.8. The lowest BCUT2D eigenvalue weighted by Crippen LogP contribution is -2.19. The first-order valence-corrected chi connectivity index (χ1v) is 6.69. The van der Waals surface area contributed by atoms with Crippen molar-refractivity contribution < 1.29 is 4.79 Å². The van der Waals surface area contributed by atoms with Crippen molar-refractivity contribution >= 4 is 51.6 Å². The number of amides is 2. The Labute approximate surface area is 124 Å². The van der Waals surface area contributed by atoms with Gasteiger partial charge in [0.2, 0.25) is 0 Å². The summed E-state index contributed by atoms with van der Waals surface area (Å²) in [6, 6.07) is 14.2. The van der Waals surface area contributed by atoms with Gasteiger partial charge in [0.15, 0.2) is 0 Å². The SMILES string of the molecule is O=C(Nc1ccc(Cl)cc1)Nc1ccccc1I. The highest BCUT2D eigenvalue weighted by Crippen LogP contribution is 2.18. The van der Waals surface area contributed by atoms with Crippen LogP contribution >= 0.6 is 34.2 Å². The van der Waals surface area contributed by atoms with Crippen molar-refractivity contribution in [2.75, 3.05) is 10.6 Å². The summed E-state index contributed by atoms with van der Waals surface area (Å²) in [5.41, 5.74) is 1.48. The van der Waals surface area contributed by atoms with E-state index in [1.165, 1.54) is 0 Å². The van der Waals surface area contributed by atoms with Gasteiger partial charge in [0.25, 0.3) is 0 Å². The van der Waals surface area contributed by atoms with Gasteiger partial charge in [-0.2, -0.15) is 0 Å². The van der Waals surface area contributed by atoms with Crippen LogP contribution in [0.15, 0.2) is 48.5 Å². The topological polar surface area (TPSA) is 41.1 Å². The summed E-state index contributed by atoms with van der Waals surface area (Å²) in [5, 5.41) is 6.15. The van der Waals surface area contributed by atoms with Gasteiger partial charge in [-0.25, -0.2) is 4.79 Å². The summed E-state index contributed by atoms with van der Waals surface area (Å²) in [5.74, 6) is 0. The molecule has 0 saturated carbocycles. The monoisotopic (exact) mass is 372 g/mol. The van der Waals surface area contributed by atoms with Gasteiger partial charge in [0.05, 0.1) is 5.69 Å². The molecule has 0 spiro atoms. The molecule has 0 atom stereocenters. The smallest absolute Gasteiger partial charge is 0.308 e. The minimum atomic E-state index is -0.276. The first kappa shape index (κ1) is 13.2. The van der Waals surface area contributed by atoms with Gasteiger partial charge < -0.3 is 10.6 Å². The Morgan fingerprint density at radius 2 is 1.67 bits per heavy atom. The molecule has 0 saturated heterocycles. The minimum absolute atomic E-state index is 0.276. The summed E-state index contributed by atoms with van der Waals surface area (Å²) < 4.78 is 0.987. The largest absolute Gasteiger partial charge is 0.323 e. The second-order valence-electron chi connectivity index (χ2n) is 3.57. The van der Waals surface area contributed by atoms with E-state index in [1.54, 1.807) is 24.3 Å². The van der Waals surface area contributed by atoms with Gasteiger partial charge in [-0.3, -0.25) is 0 Å². The van der Waals surface area contributed by atoms with Gasteiger partial charge in [-0.05, 0) is 59.0 Å². The van der Waals surface area contributed by atoms with Gasteiger partial charge >= 0.3 is 6.03 Å². The molecule has 5 heteroatoms. The summed E-state index contributed by atoms with van der Waals surface area (Å²) in [7, 11) is 0. The Kier molecular flexibility index (Phi) is 4.43. The van der Waals surface area contributed by atoms with E-state index in [1.807, 2.05) is 24.3 Å². The second kappa shape index (κ2) is 6.06. The van der Waals surface area contributed by atoms with E-state index >= 15 is 0 Å². The van der Waals surface area contributed by atoms with Crippen molar-refractivity contribution in [3.63, 3.8) is 0 Å². The third-order valence-corrected chi connectivity index (χ3v) is 3.42. The van der Waals surface area contributed by atoms with E-state index in [-0.39, 0.29) is 6.03 Å². The van der Waals surface area contributed by atoms with Crippen LogP contribution in [0.1, 0.15) is 0 Å². The van der Waals surface area contributed by atoms with Crippen LogP contribution in [0.5, 0.6) is 0 Å². The molecule has 0 aliphatic rings. The number of carbonyl (C=O) groups is 1. The summed E-state index contributed by atoms with van der Waals surface area (Å²) in [6.07, 6.45) is 0. The highest BCUT2D eigenvalue weighted by molar-refractivity contribution is 14.1. The molecule has 0 aromatic heterocycles. The first-order valence-electron chi connectivity index (χ1n) is 5.23. The first-order chi connectivity index (χ1) is 8.65. The third kappa shape index (κ3) is 3.61. The van der Waals surface area contributed by atoms with Crippen LogP contribution in [0.25, 0.3) is 0 Å². The van der Waals surface area contributed by atoms with E-state index in [0.717, 1.165) is 9.26 Å². The predicted molar refractivity (Wildman–Crippen MR) is 83.3 cm³/mol. The number of urea groups is 1. The molecular formula is C13H10ClIN2O. The highest BCUT2D eigenvalue weighted by atomic mass is 127. The standard InChI is InChI=1S/C13H10ClIN2O/c14-9-5-7-10(8-6-9)16-13(18)17-12-4-2-1-3-11(12)15/h1-8H,(H2,16,17,18). The van der Waals surface area contributed by atoms with Gasteiger partial charge in [-0.15, -0.1) is 0 Å². The number of rotatable bonds is 2. The zero-order valence-electron chi connectivity index (χ0n) is 9.28. The fourth-order valence-corrected chi connectivity index (χ4v) is 2.03. The molecule has 2 aromatic carbocycles. The second-order valence-corrected chi connectivity index (χ2v) is 5.16. The molecule has 0 bridgehead atoms. The van der Waals surface area contributed by atoms with Crippen LogP contribution in [0.3, 0.4) is 0 Å². The summed E-state index contributed by atoms with van der Waals surface area (Å²) >= 11 is 7.94. The van der Waals surface area contributed by atoms with Crippen molar-refractivity contribution in [3.05, 3.63) is 57.1 Å². The quantitative estimate of drug-likeness (QED) is 0.744. The van der Waals surface area contributed by atoms with Crippen molar-refractivity contribution in [3.8, 4) is 0 Å². The third-order valence-electron chi connectivity index (χ3n) is 2.22. The number of para-hydroxylation sites is 1. The maximum Gasteiger partial charge on any atom is 0.323 e. The summed E-state index contributed by atoms with van der Waals surface area (Å²) in [6.45, 7) is 0. The van der Waals surface area contributed by atoms with Gasteiger partial charge in [0, 0.05) is 14.3 Å². The Hall–Kier alpha value is -1.27. The number of carbonyl (C=O) groups excluding carboxylic acids is 1. The van der Waals surface area contributed by atoms with Crippen molar-refractivity contribution in [2.45, 2.75) is 0 Å². The predicted octanol–water partition coefficient (Wildman–Crippen LogP) is 4.59. The molecule has 92 valence electrons. The van der Waals surface area contributed by atoms with Crippen LogP contribution in [-0.4, -0.2) is 6.03 Å². The van der Waals surface area contributed by atoms with Crippen LogP contribution in [0.2, 0.25) is 5.02 Å². The van der Waals surface area contributed by atoms with E-state index < -0.39 is 0 Å². The number of nitrogens with one attached hydrogen (secondary N) is 2. The van der Waals surface area contributed by atoms with Crippen LogP contribution in [0, 0.1) is 3.57 Å². The van der Waals surface area contributed by atoms with Crippen LogP contribution < -0.4 is 10.6 Å². The molecule has 0 fully saturated rings. The van der Waals surface area contributed by atoms with Crippen molar-refractivity contribution in [1.29, 1.82) is 0 Å². The Balaban J connectivity index is 2.01. The zero-order valence-corrected chi connectivity index (χ0v) is 12.2. The molecule has 0 heterocycles. The Morgan fingerprint density at radius 3 is 2.33 bits per heavy atom. The molecule has 2 rings (SSSR count). The molecule has 2 aromatic rings. The maximum atomic E-state index is 11.8. The minimum Gasteiger partial charge on any atom is -0.308 e. The molecule has 0 aliphatic carbocycles. The van der Waals surface area contributed by atoms with E-state index in [2.05, 4.69) is 33.2 Å². The van der Waals surface area contributed by atoms with E-state index in [0.29, 0.717) is 10.7 Å². The van der Waals surface area contributed by atoms with Crippen LogP contribution in [0.4, 0.5) is 16.2 Å². The average Bonchev–Trinajstić information content (AvgIpc) is 2.35. The number of hydrogen-bond acceptors (Lipinski definition) is 1. The van der Waals surface area contributed by atoms with Crippen molar-refractivity contribution in [1.82, 2.24) is 0 Å². The normalized spacial score (nSPS) is 9.89. The molecule has 2 N–H and O–H groups in total. The van der Waals surface area contributed by atoms with Gasteiger partial charge in [-0.1, -0.05) is 23.7 Å². The molecule has 18 heavy (non-hydrogen) atoms. The lowest BCUT2D eigenvalue weighted by Gasteiger charge is -2.08. The van der Waals surface area contributed by atoms with E-state index in [9.17, 15) is 4.79 Å². The lowest BCUT2D eigenvalue weighted by atomic mass is 10.3. The van der Waals surface area contributed by atoms with E-state index in [4.69, 9.17) is 11.6 Å². The Bertz CT molecular complexity index is 557. The fraction of sp³-hybridized carbons (Fsp3) is 0. The molecule has 0 unspecified atom stereocenters. The number of halogens is 2. The Morgan fingerprint density at radius 1 is 1.00 bits per heavy atom. The lowest BCUT2D eigenvalue weighted by molar-refractivity contribution is 0.262. The average molecular weight is 373 g/mol. The zero-order chi connectivity index (χ0) is 13.0. The molecular weight excluding hydrogens is 363 g/mol. The number of benzene rings is 2. The highest BCUT2D eigenvalue weighted by Gasteiger charge is 2.04. The molecule has 0 aliphatic heterocycles. The van der Waals surface area contributed by atoms with Crippen molar-refractivity contribution in [2.24, 2.45) is 0 Å². The fourth-order valence-electron chi connectivity index (χ4n) is 1.38.